The van der Waals surface area contributed by atoms with Crippen LogP contribution in [0, 0.1) is 5.92 Å². The van der Waals surface area contributed by atoms with Gasteiger partial charge in [-0.3, -0.25) is 28.3 Å². The number of amides is 2. The molecule has 3 aromatic carbocycles. The molecule has 3 atom stereocenters. The minimum Gasteiger partial charge on any atom is -0.491 e. The molecule has 0 spiro atoms. The summed E-state index contributed by atoms with van der Waals surface area (Å²) in [4.78, 5) is 57.2. The SMILES string of the molecule is COc1cccn(-c2ccc(CN3C(=O)[C@](O)([C@H](C)/C=C/CC(=O)N4Cc5ccccc5C[C@H]4CO)c4cc(-n5cccc(OC)c5=O)ccc43)cc2)c1=O. The van der Waals surface area contributed by atoms with Gasteiger partial charge in [-0.2, -0.15) is 0 Å². The Kier molecular flexibility index (Phi) is 10.3. The lowest BCUT2D eigenvalue weighted by atomic mass is 9.82. The van der Waals surface area contributed by atoms with Crippen molar-refractivity contribution in [3.05, 3.63) is 159 Å². The van der Waals surface area contributed by atoms with Crippen LogP contribution in [0.2, 0.25) is 0 Å². The molecule has 12 nitrogen and oxygen atoms in total. The van der Waals surface area contributed by atoms with E-state index in [2.05, 4.69) is 0 Å². The summed E-state index contributed by atoms with van der Waals surface area (Å²) < 4.78 is 13.3. The van der Waals surface area contributed by atoms with Crippen LogP contribution in [0.3, 0.4) is 0 Å². The molecular weight excluding hydrogens is 700 g/mol. The molecule has 0 bridgehead atoms. The molecule has 7 rings (SSSR count). The quantitative estimate of drug-likeness (QED) is 0.191. The van der Waals surface area contributed by atoms with E-state index in [9.17, 15) is 29.4 Å². The Bertz CT molecular complexity index is 2400. The van der Waals surface area contributed by atoms with Crippen molar-refractivity contribution >= 4 is 17.5 Å². The molecule has 12 heteroatoms. The van der Waals surface area contributed by atoms with E-state index in [0.717, 1.165) is 16.7 Å². The van der Waals surface area contributed by atoms with Gasteiger partial charge in [0.2, 0.25) is 5.91 Å². The van der Waals surface area contributed by atoms with Crippen molar-refractivity contribution in [2.75, 3.05) is 25.7 Å². The maximum Gasteiger partial charge on any atom is 0.297 e. The molecule has 0 radical (unpaired) electrons. The smallest absolute Gasteiger partial charge is 0.297 e. The molecule has 0 fully saturated rings. The number of aliphatic hydroxyl groups excluding tert-OH is 1. The molecular formula is C43H42N4O8. The van der Waals surface area contributed by atoms with Crippen molar-refractivity contribution in [3.8, 4) is 22.9 Å². The fraction of sp³-hybridized carbons (Fsp3) is 0.256. The highest BCUT2D eigenvalue weighted by molar-refractivity contribution is 6.07. The minimum absolute atomic E-state index is 0.00577. The average molecular weight is 743 g/mol. The molecule has 282 valence electrons. The first-order valence-electron chi connectivity index (χ1n) is 18.0. The van der Waals surface area contributed by atoms with Gasteiger partial charge in [0.25, 0.3) is 17.0 Å². The number of benzene rings is 3. The number of fused-ring (bicyclic) bond motifs is 2. The van der Waals surface area contributed by atoms with E-state index in [1.54, 1.807) is 91.0 Å². The molecule has 0 saturated heterocycles. The highest BCUT2D eigenvalue weighted by Crippen LogP contribution is 2.46. The largest absolute Gasteiger partial charge is 0.491 e. The van der Waals surface area contributed by atoms with Gasteiger partial charge in [-0.1, -0.05) is 55.5 Å². The molecule has 2 aliphatic heterocycles. The molecule has 2 aliphatic rings. The number of aliphatic hydroxyl groups is 2. The Morgan fingerprint density at radius 3 is 2.11 bits per heavy atom. The number of methoxy groups -OCH3 is 2. The van der Waals surface area contributed by atoms with Crippen LogP contribution in [-0.2, 0) is 34.7 Å². The fourth-order valence-electron chi connectivity index (χ4n) is 7.52. The third-order valence-electron chi connectivity index (χ3n) is 10.6. The average Bonchev–Trinajstić information content (AvgIpc) is 3.42. The molecule has 0 saturated carbocycles. The summed E-state index contributed by atoms with van der Waals surface area (Å²) in [6.07, 6.45) is 7.12. The zero-order valence-corrected chi connectivity index (χ0v) is 30.8. The van der Waals surface area contributed by atoms with Crippen LogP contribution in [-0.4, -0.2) is 62.9 Å². The second-order valence-electron chi connectivity index (χ2n) is 13.8. The van der Waals surface area contributed by atoms with Crippen LogP contribution in [0.5, 0.6) is 11.5 Å². The fourth-order valence-corrected chi connectivity index (χ4v) is 7.52. The van der Waals surface area contributed by atoms with Crippen molar-refractivity contribution in [2.45, 2.75) is 44.5 Å². The number of pyridine rings is 2. The molecule has 2 amide bonds. The Labute approximate surface area is 317 Å². The topological polar surface area (TPSA) is 144 Å². The van der Waals surface area contributed by atoms with Gasteiger partial charge in [0.15, 0.2) is 17.1 Å². The molecule has 2 N–H and O–H groups in total. The zero-order chi connectivity index (χ0) is 38.9. The monoisotopic (exact) mass is 742 g/mol. The van der Waals surface area contributed by atoms with Gasteiger partial charge in [-0.15, -0.1) is 0 Å². The summed E-state index contributed by atoms with van der Waals surface area (Å²) in [6.45, 7) is 2.04. The van der Waals surface area contributed by atoms with Gasteiger partial charge >= 0.3 is 0 Å². The Hall–Kier alpha value is -6.24. The second kappa shape index (κ2) is 15.2. The second-order valence-corrected chi connectivity index (χ2v) is 13.8. The Balaban J connectivity index is 1.19. The number of hydrogen-bond acceptors (Lipinski definition) is 8. The van der Waals surface area contributed by atoms with Crippen LogP contribution in [0.25, 0.3) is 11.4 Å². The number of nitrogens with zero attached hydrogens (tertiary/aromatic N) is 4. The summed E-state index contributed by atoms with van der Waals surface area (Å²) >= 11 is 0. The third-order valence-corrected chi connectivity index (χ3v) is 10.6. The Morgan fingerprint density at radius 1 is 0.855 bits per heavy atom. The lowest BCUT2D eigenvalue weighted by molar-refractivity contribution is -0.139. The lowest BCUT2D eigenvalue weighted by Crippen LogP contribution is -2.46. The number of carbonyl (C=O) groups excluding carboxylic acids is 2. The number of anilines is 1. The van der Waals surface area contributed by atoms with E-state index in [4.69, 9.17) is 9.47 Å². The van der Waals surface area contributed by atoms with Crippen LogP contribution < -0.4 is 25.5 Å². The summed E-state index contributed by atoms with van der Waals surface area (Å²) in [5, 5.41) is 22.6. The summed E-state index contributed by atoms with van der Waals surface area (Å²) in [5.41, 5.74) is 1.93. The van der Waals surface area contributed by atoms with Gasteiger partial charge in [0.1, 0.15) is 0 Å². The van der Waals surface area contributed by atoms with Gasteiger partial charge in [-0.25, -0.2) is 0 Å². The first-order chi connectivity index (χ1) is 26.6. The van der Waals surface area contributed by atoms with Crippen LogP contribution in [0.1, 0.15) is 35.6 Å². The van der Waals surface area contributed by atoms with Crippen molar-refractivity contribution < 1.29 is 29.3 Å². The van der Waals surface area contributed by atoms with E-state index in [-0.39, 0.29) is 48.6 Å². The zero-order valence-electron chi connectivity index (χ0n) is 30.8. The first-order valence-corrected chi connectivity index (χ1v) is 18.0. The summed E-state index contributed by atoms with van der Waals surface area (Å²) in [7, 11) is 2.85. The first kappa shape index (κ1) is 37.1. The summed E-state index contributed by atoms with van der Waals surface area (Å²) in [5.74, 6) is -1.20. The third kappa shape index (κ3) is 6.75. The number of carbonyl (C=O) groups is 2. The normalized spacial score (nSPS) is 18.3. The van der Waals surface area contributed by atoms with Crippen molar-refractivity contribution in [1.82, 2.24) is 14.0 Å². The van der Waals surface area contributed by atoms with E-state index in [1.165, 1.54) is 28.3 Å². The molecule has 0 aliphatic carbocycles. The minimum atomic E-state index is -2.06. The molecule has 2 aromatic heterocycles. The van der Waals surface area contributed by atoms with E-state index in [0.29, 0.717) is 35.6 Å². The maximum atomic E-state index is 14.5. The maximum absolute atomic E-state index is 14.5. The standard InChI is InChI=1S/C43H42N4O8/c1-28(9-6-14-39(49)46-26-31-11-5-4-10-30(31)23-34(46)27-48)43(53)35-24-33(45-22-8-13-38(55-3)41(45)51)19-20-36(35)47(42(43)52)25-29-15-17-32(18-16-29)44-21-7-12-37(54-2)40(44)50/h4-13,15-22,24,28,34,48,53H,14,23,25-27H2,1-3H3/b9-6+/t28-,34+,43+/m1/s1. The predicted molar refractivity (Wildman–Crippen MR) is 207 cm³/mol. The number of aromatic nitrogens is 2. The number of ether oxygens (including phenoxy) is 2. The van der Waals surface area contributed by atoms with Crippen molar-refractivity contribution in [3.63, 3.8) is 0 Å². The van der Waals surface area contributed by atoms with Gasteiger partial charge in [0.05, 0.1) is 39.1 Å². The van der Waals surface area contributed by atoms with Gasteiger partial charge in [-0.05, 0) is 77.7 Å². The molecule has 4 heterocycles. The lowest BCUT2D eigenvalue weighted by Gasteiger charge is -2.36. The van der Waals surface area contributed by atoms with E-state index < -0.39 is 23.0 Å². The Morgan fingerprint density at radius 2 is 1.47 bits per heavy atom. The van der Waals surface area contributed by atoms with Crippen molar-refractivity contribution in [2.24, 2.45) is 5.92 Å². The predicted octanol–water partition coefficient (Wildman–Crippen LogP) is 4.27. The van der Waals surface area contributed by atoms with Crippen LogP contribution >= 0.6 is 0 Å². The van der Waals surface area contributed by atoms with Gasteiger partial charge < -0.3 is 29.5 Å². The molecule has 55 heavy (non-hydrogen) atoms. The van der Waals surface area contributed by atoms with Crippen LogP contribution in [0.4, 0.5) is 5.69 Å². The molecule has 5 aromatic rings. The molecule has 0 unspecified atom stereocenters. The summed E-state index contributed by atoms with van der Waals surface area (Å²) in [6, 6.07) is 26.3. The van der Waals surface area contributed by atoms with Crippen LogP contribution in [0.15, 0.2) is 125 Å². The van der Waals surface area contributed by atoms with E-state index >= 15 is 0 Å². The van der Waals surface area contributed by atoms with Crippen molar-refractivity contribution in [1.29, 1.82) is 0 Å². The number of hydrogen-bond donors (Lipinski definition) is 2. The highest BCUT2D eigenvalue weighted by Gasteiger charge is 2.52. The number of rotatable bonds is 11. The highest BCUT2D eigenvalue weighted by atomic mass is 16.5. The van der Waals surface area contributed by atoms with E-state index in [1.807, 2.05) is 36.4 Å². The van der Waals surface area contributed by atoms with Gasteiger partial charge in [0, 0.05) is 48.2 Å².